The highest BCUT2D eigenvalue weighted by Gasteiger charge is 2.42. The Morgan fingerprint density at radius 1 is 1.09 bits per heavy atom. The van der Waals surface area contributed by atoms with Gasteiger partial charge in [-0.3, -0.25) is 14.7 Å². The van der Waals surface area contributed by atoms with Crippen LogP contribution in [0.2, 0.25) is 0 Å². The highest BCUT2D eigenvalue weighted by atomic mass is 16.5. The predicted molar refractivity (Wildman–Crippen MR) is 136 cm³/mol. The SMILES string of the molecule is O=c1[nH]c(N2CCC3(CC2)CNc2cc(COCCN4CCOCC4)ccc23)nc2c1CCCC2. The quantitative estimate of drug-likeness (QED) is 0.616. The highest BCUT2D eigenvalue weighted by molar-refractivity contribution is 5.62. The molecule has 4 aliphatic rings. The van der Waals surface area contributed by atoms with Crippen LogP contribution in [0.1, 0.15) is 48.1 Å². The van der Waals surface area contributed by atoms with Gasteiger partial charge in [0.2, 0.25) is 5.95 Å². The Labute approximate surface area is 207 Å². The second-order valence-electron chi connectivity index (χ2n) is 10.5. The number of aryl methyl sites for hydroxylation is 1. The van der Waals surface area contributed by atoms with Gasteiger partial charge in [0, 0.05) is 55.9 Å². The maximum absolute atomic E-state index is 12.6. The van der Waals surface area contributed by atoms with Gasteiger partial charge in [-0.05, 0) is 55.7 Å². The lowest BCUT2D eigenvalue weighted by Crippen LogP contribution is -2.45. The summed E-state index contributed by atoms with van der Waals surface area (Å²) < 4.78 is 11.4. The minimum Gasteiger partial charge on any atom is -0.384 e. The second kappa shape index (κ2) is 9.91. The van der Waals surface area contributed by atoms with Crippen LogP contribution in [0.15, 0.2) is 23.0 Å². The minimum atomic E-state index is 0.0672. The molecule has 3 aliphatic heterocycles. The summed E-state index contributed by atoms with van der Waals surface area (Å²) in [7, 11) is 0. The van der Waals surface area contributed by atoms with Crippen LogP contribution in [0.5, 0.6) is 0 Å². The number of rotatable bonds is 6. The van der Waals surface area contributed by atoms with Gasteiger partial charge in [-0.25, -0.2) is 4.98 Å². The van der Waals surface area contributed by atoms with Crippen molar-refractivity contribution in [2.75, 3.05) is 69.3 Å². The number of aromatic amines is 1. The number of nitrogens with one attached hydrogen (secondary N) is 2. The fraction of sp³-hybridized carbons (Fsp3) is 0.630. The van der Waals surface area contributed by atoms with Crippen molar-refractivity contribution >= 4 is 11.6 Å². The van der Waals surface area contributed by atoms with E-state index in [2.05, 4.69) is 38.3 Å². The van der Waals surface area contributed by atoms with Crippen LogP contribution in [-0.4, -0.2) is 74.0 Å². The fourth-order valence-corrected chi connectivity index (χ4v) is 6.19. The van der Waals surface area contributed by atoms with Crippen molar-refractivity contribution < 1.29 is 9.47 Å². The molecule has 1 aromatic carbocycles. The number of morpholine rings is 1. The van der Waals surface area contributed by atoms with Crippen LogP contribution in [-0.2, 0) is 34.3 Å². The molecule has 35 heavy (non-hydrogen) atoms. The molecule has 6 rings (SSSR count). The maximum atomic E-state index is 12.6. The Balaban J connectivity index is 1.06. The number of H-pyrrole nitrogens is 1. The number of hydrogen-bond donors (Lipinski definition) is 2. The van der Waals surface area contributed by atoms with Gasteiger partial charge in [-0.15, -0.1) is 0 Å². The molecule has 0 atom stereocenters. The molecule has 0 radical (unpaired) electrons. The summed E-state index contributed by atoms with van der Waals surface area (Å²) in [5, 5.41) is 3.68. The van der Waals surface area contributed by atoms with E-state index in [1.807, 2.05) is 0 Å². The number of aromatic nitrogens is 2. The van der Waals surface area contributed by atoms with Gasteiger partial charge in [0.05, 0.1) is 32.1 Å². The largest absolute Gasteiger partial charge is 0.384 e. The van der Waals surface area contributed by atoms with Crippen molar-refractivity contribution in [3.05, 3.63) is 50.9 Å². The standard InChI is InChI=1S/C27H37N5O3/c33-25-21-3-1-2-4-23(21)29-26(30-25)32-9-7-27(8-10-32)19-28-24-17-20(5-6-22(24)27)18-35-16-13-31-11-14-34-15-12-31/h5-6,17,28H,1-4,7-16,18-19H2,(H,29,30,33). The summed E-state index contributed by atoms with van der Waals surface area (Å²) in [6, 6.07) is 6.82. The molecule has 8 nitrogen and oxygen atoms in total. The lowest BCUT2D eigenvalue weighted by molar-refractivity contribution is 0.0180. The third kappa shape index (κ3) is 4.71. The summed E-state index contributed by atoms with van der Waals surface area (Å²) in [6.07, 6.45) is 6.14. The van der Waals surface area contributed by atoms with Crippen molar-refractivity contribution in [3.8, 4) is 0 Å². The molecule has 1 aromatic heterocycles. The lowest BCUT2D eigenvalue weighted by atomic mass is 9.74. The lowest BCUT2D eigenvalue weighted by Gasteiger charge is -2.39. The van der Waals surface area contributed by atoms with Gasteiger partial charge in [-0.2, -0.15) is 0 Å². The van der Waals surface area contributed by atoms with Crippen molar-refractivity contribution in [3.63, 3.8) is 0 Å². The van der Waals surface area contributed by atoms with Gasteiger partial charge >= 0.3 is 0 Å². The number of ether oxygens (including phenoxy) is 2. The van der Waals surface area contributed by atoms with E-state index >= 15 is 0 Å². The molecule has 0 amide bonds. The van der Waals surface area contributed by atoms with Gasteiger partial charge in [-0.1, -0.05) is 12.1 Å². The molecular weight excluding hydrogens is 442 g/mol. The molecule has 188 valence electrons. The van der Waals surface area contributed by atoms with E-state index in [-0.39, 0.29) is 11.0 Å². The molecule has 2 saturated heterocycles. The summed E-state index contributed by atoms with van der Waals surface area (Å²) in [5.41, 5.74) is 6.07. The number of piperidine rings is 1. The van der Waals surface area contributed by atoms with Crippen LogP contribution < -0.4 is 15.8 Å². The molecule has 0 saturated carbocycles. The monoisotopic (exact) mass is 479 g/mol. The summed E-state index contributed by atoms with van der Waals surface area (Å²) in [6.45, 7) is 8.84. The van der Waals surface area contributed by atoms with Crippen LogP contribution in [0, 0.1) is 0 Å². The number of fused-ring (bicyclic) bond motifs is 3. The molecule has 4 heterocycles. The Hall–Kier alpha value is -2.42. The van der Waals surface area contributed by atoms with Crippen molar-refractivity contribution in [1.82, 2.24) is 14.9 Å². The zero-order valence-electron chi connectivity index (χ0n) is 20.6. The molecule has 2 fully saturated rings. The molecule has 8 heteroatoms. The summed E-state index contributed by atoms with van der Waals surface area (Å²) in [4.78, 5) is 25.2. The summed E-state index contributed by atoms with van der Waals surface area (Å²) >= 11 is 0. The third-order valence-corrected chi connectivity index (χ3v) is 8.40. The van der Waals surface area contributed by atoms with Crippen LogP contribution in [0.25, 0.3) is 0 Å². The van der Waals surface area contributed by atoms with E-state index in [1.54, 1.807) is 0 Å². The first-order valence-electron chi connectivity index (χ1n) is 13.3. The Morgan fingerprint density at radius 2 is 1.91 bits per heavy atom. The van der Waals surface area contributed by atoms with Crippen LogP contribution >= 0.6 is 0 Å². The molecule has 1 spiro atoms. The van der Waals surface area contributed by atoms with Crippen LogP contribution in [0.3, 0.4) is 0 Å². The molecule has 2 aromatic rings. The average Bonchev–Trinajstić information content (AvgIpc) is 3.25. The topological polar surface area (TPSA) is 82.7 Å². The van der Waals surface area contributed by atoms with Crippen LogP contribution in [0.4, 0.5) is 11.6 Å². The minimum absolute atomic E-state index is 0.0672. The van der Waals surface area contributed by atoms with Gasteiger partial charge in [0.15, 0.2) is 0 Å². The molecule has 2 N–H and O–H groups in total. The molecule has 0 unspecified atom stereocenters. The van der Waals surface area contributed by atoms with E-state index < -0.39 is 0 Å². The van der Waals surface area contributed by atoms with E-state index in [9.17, 15) is 4.79 Å². The predicted octanol–water partition coefficient (Wildman–Crippen LogP) is 2.46. The first-order chi connectivity index (χ1) is 17.2. The number of benzene rings is 1. The Morgan fingerprint density at radius 3 is 2.77 bits per heavy atom. The van der Waals surface area contributed by atoms with E-state index in [1.165, 1.54) is 16.8 Å². The molecule has 1 aliphatic carbocycles. The smallest absolute Gasteiger partial charge is 0.255 e. The fourth-order valence-electron chi connectivity index (χ4n) is 6.19. The third-order valence-electron chi connectivity index (χ3n) is 8.40. The Bertz CT molecular complexity index is 1100. The van der Waals surface area contributed by atoms with Crippen molar-refractivity contribution in [2.45, 2.75) is 50.5 Å². The van der Waals surface area contributed by atoms with Gasteiger partial charge < -0.3 is 19.7 Å². The number of hydrogen-bond acceptors (Lipinski definition) is 7. The normalized spacial score (nSPS) is 21.5. The Kier molecular flexibility index (Phi) is 6.52. The number of anilines is 2. The first-order valence-corrected chi connectivity index (χ1v) is 13.3. The van der Waals surface area contributed by atoms with E-state index in [0.29, 0.717) is 6.61 Å². The summed E-state index contributed by atoms with van der Waals surface area (Å²) in [5.74, 6) is 0.765. The average molecular weight is 480 g/mol. The maximum Gasteiger partial charge on any atom is 0.255 e. The first kappa shape index (κ1) is 23.0. The van der Waals surface area contributed by atoms with Crippen molar-refractivity contribution in [1.29, 1.82) is 0 Å². The van der Waals surface area contributed by atoms with E-state index in [0.717, 1.165) is 115 Å². The number of nitrogens with zero attached hydrogens (tertiary/aromatic N) is 3. The second-order valence-corrected chi connectivity index (χ2v) is 10.5. The highest BCUT2D eigenvalue weighted by Crippen LogP contribution is 2.44. The van der Waals surface area contributed by atoms with Crippen molar-refractivity contribution in [2.24, 2.45) is 0 Å². The van der Waals surface area contributed by atoms with Gasteiger partial charge in [0.1, 0.15) is 0 Å². The van der Waals surface area contributed by atoms with E-state index in [4.69, 9.17) is 14.5 Å². The zero-order valence-corrected chi connectivity index (χ0v) is 20.6. The molecule has 0 bridgehead atoms. The molecular formula is C27H37N5O3. The van der Waals surface area contributed by atoms with Gasteiger partial charge in [0.25, 0.3) is 5.56 Å². The zero-order chi connectivity index (χ0) is 23.7.